The number of halogens is 1. The summed E-state index contributed by atoms with van der Waals surface area (Å²) in [7, 11) is 1.43. The number of thiocarbonyl (C=S) groups is 1. The summed E-state index contributed by atoms with van der Waals surface area (Å²) in [5.74, 6) is -1.21. The molecule has 5 rings (SSSR count). The molecule has 0 radical (unpaired) electrons. The summed E-state index contributed by atoms with van der Waals surface area (Å²) in [5, 5.41) is 8.51. The molecule has 0 saturated carbocycles. The predicted octanol–water partition coefficient (Wildman–Crippen LogP) is 4.58. The first kappa shape index (κ1) is 30.4. The van der Waals surface area contributed by atoms with Crippen molar-refractivity contribution in [3.8, 4) is 17.2 Å². The third-order valence-corrected chi connectivity index (χ3v) is 7.20. The Bertz CT molecular complexity index is 1710. The van der Waals surface area contributed by atoms with Crippen molar-refractivity contribution in [3.05, 3.63) is 89.9 Å². The molecule has 10 nitrogen and oxygen atoms in total. The lowest BCUT2D eigenvalue weighted by molar-refractivity contribution is -0.129. The van der Waals surface area contributed by atoms with Gasteiger partial charge in [-0.05, 0) is 54.9 Å². The fourth-order valence-corrected chi connectivity index (χ4v) is 5.04. The van der Waals surface area contributed by atoms with E-state index in [4.69, 9.17) is 21.7 Å². The summed E-state index contributed by atoms with van der Waals surface area (Å²) in [6.45, 7) is 1.24. The minimum Gasteiger partial charge on any atom is -0.496 e. The number of nitrogens with one attached hydrogen (secondary N) is 3. The van der Waals surface area contributed by atoms with E-state index in [0.717, 1.165) is 18.4 Å². The summed E-state index contributed by atoms with van der Waals surface area (Å²) < 4.78 is 26.5. The van der Waals surface area contributed by atoms with Gasteiger partial charge in [0.15, 0.2) is 16.7 Å². The second kappa shape index (κ2) is 13.9. The number of amides is 3. The third kappa shape index (κ3) is 7.45. The highest BCUT2D eigenvalue weighted by Crippen LogP contribution is 2.34. The van der Waals surface area contributed by atoms with Crippen molar-refractivity contribution >= 4 is 51.6 Å². The lowest BCUT2D eigenvalue weighted by Gasteiger charge is -2.16. The molecule has 44 heavy (non-hydrogen) atoms. The smallest absolute Gasteiger partial charge is 0.255 e. The first-order chi connectivity index (χ1) is 21.3. The van der Waals surface area contributed by atoms with Crippen LogP contribution in [0.15, 0.2) is 72.9 Å². The van der Waals surface area contributed by atoms with Crippen LogP contribution >= 0.6 is 12.2 Å². The van der Waals surface area contributed by atoms with Crippen molar-refractivity contribution in [1.29, 1.82) is 0 Å². The van der Waals surface area contributed by atoms with E-state index in [1.165, 1.54) is 31.5 Å². The average Bonchev–Trinajstić information content (AvgIpc) is 3.56. The first-order valence-electron chi connectivity index (χ1n) is 14.0. The Labute approximate surface area is 258 Å². The molecule has 1 aliphatic heterocycles. The van der Waals surface area contributed by atoms with Crippen molar-refractivity contribution in [3.63, 3.8) is 0 Å². The Hall–Kier alpha value is -5.10. The van der Waals surface area contributed by atoms with Crippen LogP contribution in [0.3, 0.4) is 0 Å². The number of anilines is 1. The maximum absolute atomic E-state index is 15.1. The minimum atomic E-state index is -0.690. The number of fused-ring (bicyclic) bond motifs is 1. The van der Waals surface area contributed by atoms with Gasteiger partial charge < -0.3 is 30.3 Å². The maximum atomic E-state index is 15.1. The summed E-state index contributed by atoms with van der Waals surface area (Å²) >= 11 is 5.21. The van der Waals surface area contributed by atoms with Gasteiger partial charge >= 0.3 is 0 Å². The number of nitrogens with zero attached hydrogens (tertiary/aromatic N) is 2. The van der Waals surface area contributed by atoms with Gasteiger partial charge in [0, 0.05) is 42.5 Å². The molecular formula is C32H30FN5O5S. The topological polar surface area (TPSA) is 122 Å². The first-order valence-corrected chi connectivity index (χ1v) is 14.4. The second-order valence-electron chi connectivity index (χ2n) is 10.1. The molecule has 1 saturated heterocycles. The van der Waals surface area contributed by atoms with Gasteiger partial charge in [-0.2, -0.15) is 0 Å². The number of benzene rings is 3. The fourth-order valence-electron chi connectivity index (χ4n) is 4.81. The van der Waals surface area contributed by atoms with E-state index in [1.54, 1.807) is 23.1 Å². The van der Waals surface area contributed by atoms with E-state index in [-0.39, 0.29) is 52.7 Å². The van der Waals surface area contributed by atoms with Crippen LogP contribution in [0.4, 0.5) is 10.1 Å². The number of methoxy groups -OCH3 is 1. The molecule has 0 bridgehead atoms. The molecule has 1 aromatic heterocycles. The summed E-state index contributed by atoms with van der Waals surface area (Å²) in [5.41, 5.74) is 1.78. The zero-order valence-electron chi connectivity index (χ0n) is 23.9. The van der Waals surface area contributed by atoms with Gasteiger partial charge in [0.05, 0.1) is 31.2 Å². The maximum Gasteiger partial charge on any atom is 0.255 e. The molecule has 0 aliphatic carbocycles. The van der Waals surface area contributed by atoms with E-state index in [2.05, 4.69) is 20.9 Å². The van der Waals surface area contributed by atoms with Crippen molar-refractivity contribution < 1.29 is 28.2 Å². The van der Waals surface area contributed by atoms with E-state index in [0.29, 0.717) is 29.7 Å². The van der Waals surface area contributed by atoms with Crippen molar-refractivity contribution in [2.24, 2.45) is 0 Å². The predicted molar refractivity (Wildman–Crippen MR) is 167 cm³/mol. The highest BCUT2D eigenvalue weighted by Gasteiger charge is 2.21. The lowest BCUT2D eigenvalue weighted by Crippen LogP contribution is -2.38. The Kier molecular flexibility index (Phi) is 9.60. The highest BCUT2D eigenvalue weighted by atomic mass is 32.1. The Balaban J connectivity index is 1.27. The van der Waals surface area contributed by atoms with Gasteiger partial charge in [-0.1, -0.05) is 30.3 Å². The summed E-state index contributed by atoms with van der Waals surface area (Å²) in [4.78, 5) is 43.8. The van der Waals surface area contributed by atoms with Crippen LogP contribution in [0, 0.1) is 5.82 Å². The van der Waals surface area contributed by atoms with E-state index < -0.39 is 11.7 Å². The van der Waals surface area contributed by atoms with Gasteiger partial charge in [-0.3, -0.25) is 19.4 Å². The molecule has 0 atom stereocenters. The van der Waals surface area contributed by atoms with Gasteiger partial charge in [0.2, 0.25) is 11.8 Å². The van der Waals surface area contributed by atoms with Crippen molar-refractivity contribution in [1.82, 2.24) is 20.5 Å². The number of carbonyl (C=O) groups excluding carboxylic acids is 3. The van der Waals surface area contributed by atoms with Crippen molar-refractivity contribution in [2.75, 3.05) is 32.1 Å². The zero-order valence-corrected chi connectivity index (χ0v) is 24.7. The Morgan fingerprint density at radius 3 is 2.48 bits per heavy atom. The zero-order chi connectivity index (χ0) is 31.1. The highest BCUT2D eigenvalue weighted by molar-refractivity contribution is 7.80. The van der Waals surface area contributed by atoms with E-state index >= 15 is 4.39 Å². The van der Waals surface area contributed by atoms with E-state index in [9.17, 15) is 14.4 Å². The Morgan fingerprint density at radius 2 is 1.75 bits per heavy atom. The molecular weight excluding hydrogens is 585 g/mol. The van der Waals surface area contributed by atoms with Gasteiger partial charge in [-0.25, -0.2) is 4.39 Å². The number of hydrogen-bond acceptors (Lipinski definition) is 7. The normalized spacial score (nSPS) is 12.5. The molecule has 0 spiro atoms. The van der Waals surface area contributed by atoms with Crippen LogP contribution in [-0.2, 0) is 16.0 Å². The Morgan fingerprint density at radius 1 is 0.977 bits per heavy atom. The van der Waals surface area contributed by atoms with Crippen molar-refractivity contribution in [2.45, 2.75) is 19.3 Å². The largest absolute Gasteiger partial charge is 0.496 e. The molecule has 3 aromatic carbocycles. The minimum absolute atomic E-state index is 0.0287. The SMILES string of the molecule is COc1cc2nccc(Oc3ccc(NC(=S)NC(=O)Cc4ccccc4)cc3F)c2cc1C(=O)NCC(=O)N1CCCC1. The number of hydrogen-bond donors (Lipinski definition) is 3. The van der Waals surface area contributed by atoms with Crippen LogP contribution in [-0.4, -0.2) is 59.5 Å². The number of ether oxygens (including phenoxy) is 2. The molecule has 2 heterocycles. The number of pyridine rings is 1. The molecule has 226 valence electrons. The van der Waals surface area contributed by atoms with Crippen LogP contribution in [0.1, 0.15) is 28.8 Å². The standard InChI is InChI=1S/C32H30FN5O5S/c1-42-28-18-25-22(17-23(28)31(41)35-19-30(40)38-13-5-6-14-38)26(11-12-34-25)43-27-10-9-21(16-24(27)33)36-32(44)37-29(39)15-20-7-3-2-4-8-20/h2-4,7-12,16-18H,5-6,13-15,19H2,1H3,(H,35,41)(H2,36,37,39,44). The van der Waals surface area contributed by atoms with Crippen LogP contribution in [0.25, 0.3) is 10.9 Å². The molecule has 1 aliphatic rings. The van der Waals surface area contributed by atoms with Crippen LogP contribution in [0.2, 0.25) is 0 Å². The lowest BCUT2D eigenvalue weighted by atomic mass is 10.1. The molecule has 3 amide bonds. The van der Waals surface area contributed by atoms with Gasteiger partial charge in [0.1, 0.15) is 11.5 Å². The number of carbonyl (C=O) groups is 3. The van der Waals surface area contributed by atoms with Crippen LogP contribution < -0.4 is 25.4 Å². The van der Waals surface area contributed by atoms with Gasteiger partial charge in [-0.15, -0.1) is 0 Å². The summed E-state index contributed by atoms with van der Waals surface area (Å²) in [6, 6.07) is 18.0. The molecule has 1 fully saturated rings. The average molecular weight is 616 g/mol. The molecule has 4 aromatic rings. The van der Waals surface area contributed by atoms with E-state index in [1.807, 2.05) is 30.3 Å². The third-order valence-electron chi connectivity index (χ3n) is 7.00. The number of aromatic nitrogens is 1. The fraction of sp³-hybridized carbons (Fsp3) is 0.219. The number of rotatable bonds is 9. The second-order valence-corrected chi connectivity index (χ2v) is 10.5. The molecule has 3 N–H and O–H groups in total. The molecule has 12 heteroatoms. The number of likely N-dealkylation sites (tertiary alicyclic amines) is 1. The van der Waals surface area contributed by atoms with Crippen LogP contribution in [0.5, 0.6) is 17.2 Å². The molecule has 0 unspecified atom stereocenters. The monoisotopic (exact) mass is 615 g/mol. The van der Waals surface area contributed by atoms with Gasteiger partial charge in [0.25, 0.3) is 5.91 Å². The summed E-state index contributed by atoms with van der Waals surface area (Å²) in [6.07, 6.45) is 3.55. The quantitative estimate of drug-likeness (QED) is 0.234.